The van der Waals surface area contributed by atoms with Crippen LogP contribution in [0.3, 0.4) is 0 Å². The third-order valence-corrected chi connectivity index (χ3v) is 8.24. The monoisotopic (exact) mass is 473 g/mol. The Morgan fingerprint density at radius 1 is 1.18 bits per heavy atom. The average molecular weight is 473 g/mol. The van der Waals surface area contributed by atoms with Crippen LogP contribution >= 0.6 is 0 Å². The number of ether oxygens (including phenoxy) is 1. The zero-order chi connectivity index (χ0) is 24.0. The number of aromatic nitrogens is 5. The number of alkyl halides is 3. The van der Waals surface area contributed by atoms with Crippen LogP contribution in [-0.4, -0.2) is 37.1 Å². The fourth-order valence-corrected chi connectivity index (χ4v) is 6.22. The van der Waals surface area contributed by atoms with Gasteiger partial charge in [0, 0.05) is 49.5 Å². The molecule has 2 bridgehead atoms. The number of rotatable bonds is 3. The van der Waals surface area contributed by atoms with Crippen LogP contribution in [-0.2, 0) is 24.2 Å². The Morgan fingerprint density at radius 2 is 1.91 bits per heavy atom. The van der Waals surface area contributed by atoms with Crippen molar-refractivity contribution in [2.24, 2.45) is 19.5 Å². The van der Waals surface area contributed by atoms with Crippen molar-refractivity contribution < 1.29 is 17.9 Å². The number of nitrogens with zero attached hydrogens (tertiary/aromatic N) is 5. The molecular weight excluding hydrogens is 447 g/mol. The summed E-state index contributed by atoms with van der Waals surface area (Å²) in [7, 11) is 3.51. The summed E-state index contributed by atoms with van der Waals surface area (Å²) in [5.41, 5.74) is 0.299. The first kappa shape index (κ1) is 21.8. The van der Waals surface area contributed by atoms with Crippen molar-refractivity contribution in [1.82, 2.24) is 24.3 Å². The zero-order valence-electron chi connectivity index (χ0n) is 19.3. The Bertz CT molecular complexity index is 1360. The van der Waals surface area contributed by atoms with Crippen molar-refractivity contribution in [1.29, 1.82) is 0 Å². The molecule has 0 aromatic carbocycles. The van der Waals surface area contributed by atoms with Crippen LogP contribution in [0.5, 0.6) is 0 Å². The molecule has 3 aliphatic carbocycles. The predicted octanol–water partition coefficient (Wildman–Crippen LogP) is 3.99. The van der Waals surface area contributed by atoms with Gasteiger partial charge in [-0.1, -0.05) is 0 Å². The molecule has 0 amide bonds. The summed E-state index contributed by atoms with van der Waals surface area (Å²) in [6, 6.07) is 1.80. The van der Waals surface area contributed by atoms with Gasteiger partial charge in [0.05, 0.1) is 34.3 Å². The maximum absolute atomic E-state index is 13.6. The number of hydrogen-bond acceptors (Lipinski definition) is 5. The minimum Gasteiger partial charge on any atom is -0.373 e. The first-order valence-electron chi connectivity index (χ1n) is 11.6. The summed E-state index contributed by atoms with van der Waals surface area (Å²) >= 11 is 0. The lowest BCUT2D eigenvalue weighted by Gasteiger charge is -2.70. The molecule has 7 rings (SSSR count). The van der Waals surface area contributed by atoms with E-state index in [1.54, 1.807) is 30.9 Å². The molecule has 2 atom stereocenters. The van der Waals surface area contributed by atoms with Gasteiger partial charge in [-0.05, 0) is 45.1 Å². The highest BCUT2D eigenvalue weighted by Crippen LogP contribution is 2.78. The van der Waals surface area contributed by atoms with E-state index in [4.69, 9.17) is 9.72 Å². The summed E-state index contributed by atoms with van der Waals surface area (Å²) in [4.78, 5) is 22.8. The molecule has 0 unspecified atom stereocenters. The second-order valence-corrected chi connectivity index (χ2v) is 10.4. The van der Waals surface area contributed by atoms with Crippen molar-refractivity contribution in [3.05, 3.63) is 51.6 Å². The number of fused-ring (bicyclic) bond motifs is 1. The van der Waals surface area contributed by atoms with E-state index in [2.05, 4.69) is 10.1 Å². The second kappa shape index (κ2) is 6.90. The lowest BCUT2D eigenvalue weighted by atomic mass is 9.34. The first-order valence-corrected chi connectivity index (χ1v) is 11.6. The van der Waals surface area contributed by atoms with Gasteiger partial charge in [0.2, 0.25) is 0 Å². The van der Waals surface area contributed by atoms with Gasteiger partial charge in [0.15, 0.2) is 0 Å². The van der Waals surface area contributed by atoms with E-state index in [-0.39, 0.29) is 36.8 Å². The molecular formula is C24H26F3N5O2. The normalized spacial score (nSPS) is 30.8. The highest BCUT2D eigenvalue weighted by Gasteiger charge is 2.79. The number of hydrogen-bond donors (Lipinski definition) is 0. The quantitative estimate of drug-likeness (QED) is 0.575. The predicted molar refractivity (Wildman–Crippen MR) is 117 cm³/mol. The van der Waals surface area contributed by atoms with Gasteiger partial charge >= 0.3 is 6.18 Å². The molecule has 1 aliphatic heterocycles. The van der Waals surface area contributed by atoms with Gasteiger partial charge < -0.3 is 4.74 Å². The zero-order valence-corrected chi connectivity index (χ0v) is 19.3. The molecule has 4 fully saturated rings. The third kappa shape index (κ3) is 2.93. The summed E-state index contributed by atoms with van der Waals surface area (Å²) in [5, 5.41) is 4.67. The maximum Gasteiger partial charge on any atom is 0.394 e. The standard InChI is InChI=1S/C24H26F3N5O2/c1-13-29-19-16(21(33)32(13)3)7-17(14-4-5-34-18(6-14)15-8-28-31(2)9-15)30-20(19)22-10-23(11-22,12-22)24(25,26)27/h7-9,14,18H,4-6,10-12H2,1-3H3/t14-,18+,22?,23?/m0/s1. The Morgan fingerprint density at radius 3 is 2.56 bits per heavy atom. The highest BCUT2D eigenvalue weighted by atomic mass is 19.4. The minimum atomic E-state index is -4.21. The lowest BCUT2D eigenvalue weighted by Crippen LogP contribution is -2.70. The third-order valence-electron chi connectivity index (χ3n) is 8.24. The highest BCUT2D eigenvalue weighted by molar-refractivity contribution is 5.82. The van der Waals surface area contributed by atoms with Gasteiger partial charge in [-0.15, -0.1) is 0 Å². The Labute approximate surface area is 194 Å². The maximum atomic E-state index is 13.6. The molecule has 180 valence electrons. The van der Waals surface area contributed by atoms with Crippen LogP contribution in [0.1, 0.15) is 66.9 Å². The van der Waals surface area contributed by atoms with Gasteiger partial charge in [0.1, 0.15) is 5.82 Å². The van der Waals surface area contributed by atoms with Crippen molar-refractivity contribution in [3.63, 3.8) is 0 Å². The molecule has 3 aromatic rings. The molecule has 3 aromatic heterocycles. The molecule has 34 heavy (non-hydrogen) atoms. The summed E-state index contributed by atoms with van der Waals surface area (Å²) in [6.07, 6.45) is 0.831. The molecule has 0 N–H and O–H groups in total. The Balaban J connectivity index is 1.43. The van der Waals surface area contributed by atoms with E-state index in [0.717, 1.165) is 17.7 Å². The largest absolute Gasteiger partial charge is 0.394 e. The lowest BCUT2D eigenvalue weighted by molar-refractivity contribution is -0.337. The topological polar surface area (TPSA) is 74.8 Å². The molecule has 1 saturated heterocycles. The average Bonchev–Trinajstić information content (AvgIpc) is 3.16. The number of aryl methyl sites for hydroxylation is 2. The molecule has 4 aliphatic rings. The van der Waals surface area contributed by atoms with Crippen LogP contribution in [0.2, 0.25) is 0 Å². The second-order valence-electron chi connectivity index (χ2n) is 10.4. The smallest absolute Gasteiger partial charge is 0.373 e. The summed E-state index contributed by atoms with van der Waals surface area (Å²) < 4.78 is 49.9. The van der Waals surface area contributed by atoms with Crippen molar-refractivity contribution in [3.8, 4) is 0 Å². The van der Waals surface area contributed by atoms with Gasteiger partial charge in [-0.25, -0.2) is 4.98 Å². The van der Waals surface area contributed by atoms with Crippen molar-refractivity contribution in [2.45, 2.75) is 62.6 Å². The van der Waals surface area contributed by atoms with Crippen LogP contribution < -0.4 is 5.56 Å². The van der Waals surface area contributed by atoms with Crippen molar-refractivity contribution >= 4 is 10.9 Å². The van der Waals surface area contributed by atoms with Crippen LogP contribution in [0.4, 0.5) is 13.2 Å². The fraction of sp³-hybridized carbons (Fsp3) is 0.583. The Kier molecular flexibility index (Phi) is 4.42. The molecule has 0 spiro atoms. The van der Waals surface area contributed by atoms with Crippen LogP contribution in [0.15, 0.2) is 23.3 Å². The molecule has 7 nitrogen and oxygen atoms in total. The van der Waals surface area contributed by atoms with E-state index >= 15 is 0 Å². The molecule has 10 heteroatoms. The number of halogens is 3. The molecule has 4 heterocycles. The van der Waals surface area contributed by atoms with Gasteiger partial charge in [-0.3, -0.25) is 19.0 Å². The molecule has 0 radical (unpaired) electrons. The van der Waals surface area contributed by atoms with E-state index in [9.17, 15) is 18.0 Å². The summed E-state index contributed by atoms with van der Waals surface area (Å²) in [5.74, 6) is 0.546. The van der Waals surface area contributed by atoms with Crippen LogP contribution in [0.25, 0.3) is 10.9 Å². The molecule has 3 saturated carbocycles. The van der Waals surface area contributed by atoms with E-state index in [1.807, 2.05) is 13.2 Å². The van der Waals surface area contributed by atoms with E-state index < -0.39 is 17.0 Å². The fourth-order valence-electron chi connectivity index (χ4n) is 6.22. The van der Waals surface area contributed by atoms with E-state index in [1.165, 1.54) is 4.57 Å². The SMILES string of the molecule is Cc1nc2c(C34CC(C(F)(F)F)(C3)C4)nc([C@H]3CCO[C@@H](c4cnn(C)c4)C3)cc2c(=O)n1C. The van der Waals surface area contributed by atoms with Gasteiger partial charge in [-0.2, -0.15) is 18.3 Å². The number of pyridine rings is 1. The first-order chi connectivity index (χ1) is 16.0. The summed E-state index contributed by atoms with van der Waals surface area (Å²) in [6.45, 7) is 2.26. The van der Waals surface area contributed by atoms with Gasteiger partial charge in [0.25, 0.3) is 5.56 Å². The Hall–Kier alpha value is -2.75. The minimum absolute atomic E-state index is 0.0249. The van der Waals surface area contributed by atoms with E-state index in [0.29, 0.717) is 35.4 Å². The van der Waals surface area contributed by atoms with Crippen molar-refractivity contribution in [2.75, 3.05) is 6.61 Å². The van der Waals surface area contributed by atoms with Crippen LogP contribution in [0, 0.1) is 12.3 Å².